The first-order valence-electron chi connectivity index (χ1n) is 9.05. The Morgan fingerprint density at radius 2 is 1.69 bits per heavy atom. The Labute approximate surface area is 195 Å². The van der Waals surface area contributed by atoms with E-state index in [4.69, 9.17) is 0 Å². The Morgan fingerprint density at radius 3 is 2.45 bits per heavy atom. The number of hydrogen-bond donors (Lipinski definition) is 0. The average molecular weight is 640 g/mol. The second-order valence-electron chi connectivity index (χ2n) is 7.09. The molecule has 0 spiro atoms. The third-order valence-electron chi connectivity index (χ3n) is 4.98. The van der Waals surface area contributed by atoms with Gasteiger partial charge in [-0.25, -0.2) is 0 Å². The van der Waals surface area contributed by atoms with Gasteiger partial charge in [0, 0.05) is 24.8 Å². The van der Waals surface area contributed by atoms with Gasteiger partial charge in [0.1, 0.15) is 0 Å². The zero-order valence-electron chi connectivity index (χ0n) is 16.1. The van der Waals surface area contributed by atoms with Crippen LogP contribution >= 0.6 is 27.3 Å². The van der Waals surface area contributed by atoms with Crippen molar-refractivity contribution in [2.45, 2.75) is 20.8 Å². The first-order chi connectivity index (χ1) is 13.5. The van der Waals surface area contributed by atoms with E-state index < -0.39 is 0 Å². The average Bonchev–Trinajstić information content (AvgIpc) is 3.21. The van der Waals surface area contributed by atoms with Crippen molar-refractivity contribution >= 4 is 47.4 Å². The molecule has 0 saturated heterocycles. The maximum absolute atomic E-state index is 4.67. The van der Waals surface area contributed by atoms with Gasteiger partial charge in [0.2, 0.25) is 4.73 Å². The molecule has 5 aromatic rings. The van der Waals surface area contributed by atoms with Gasteiger partial charge in [0.05, 0.1) is 11.5 Å². The quantitative estimate of drug-likeness (QED) is 0.199. The third kappa shape index (κ3) is 3.49. The molecule has 147 valence electrons. The predicted molar refractivity (Wildman–Crippen MR) is 120 cm³/mol. The number of thiophene rings is 1. The summed E-state index contributed by atoms with van der Waals surface area (Å²) in [5, 5.41) is 7.15. The molecule has 29 heavy (non-hydrogen) atoms. The van der Waals surface area contributed by atoms with Crippen LogP contribution in [0.2, 0.25) is 0 Å². The van der Waals surface area contributed by atoms with Crippen molar-refractivity contribution in [3.8, 4) is 17.1 Å². The van der Waals surface area contributed by atoms with E-state index >= 15 is 0 Å². The normalized spacial score (nSPS) is 11.2. The smallest absolute Gasteiger partial charge is 0.208 e. The van der Waals surface area contributed by atoms with E-state index in [1.807, 2.05) is 4.68 Å². The van der Waals surface area contributed by atoms with Crippen molar-refractivity contribution in [1.82, 2.24) is 14.8 Å². The number of hydrogen-bond acceptors (Lipinski definition) is 3. The largest absolute Gasteiger partial charge is 0.252 e. The van der Waals surface area contributed by atoms with Crippen LogP contribution in [-0.4, -0.2) is 14.8 Å². The molecule has 0 aliphatic rings. The van der Waals surface area contributed by atoms with Crippen LogP contribution < -0.4 is 0 Å². The minimum Gasteiger partial charge on any atom is -0.252 e. The van der Waals surface area contributed by atoms with Gasteiger partial charge in [0.25, 0.3) is 0 Å². The van der Waals surface area contributed by atoms with Crippen LogP contribution in [0.4, 0.5) is 0 Å². The van der Waals surface area contributed by atoms with Gasteiger partial charge >= 0.3 is 0 Å². The molecule has 0 atom stereocenters. The molecule has 3 nitrogen and oxygen atoms in total. The Morgan fingerprint density at radius 1 is 0.966 bits per heavy atom. The number of rotatable bonds is 2. The van der Waals surface area contributed by atoms with E-state index in [9.17, 15) is 0 Å². The van der Waals surface area contributed by atoms with Crippen LogP contribution in [-0.2, 0) is 20.1 Å². The summed E-state index contributed by atoms with van der Waals surface area (Å²) in [6.07, 6.45) is 0. The number of aryl methyl sites for hydroxylation is 3. The molecule has 0 aliphatic carbocycles. The zero-order valence-corrected chi connectivity index (χ0v) is 20.9. The van der Waals surface area contributed by atoms with Crippen LogP contribution in [0.3, 0.4) is 0 Å². The van der Waals surface area contributed by atoms with E-state index in [2.05, 4.69) is 101 Å². The molecule has 0 amide bonds. The molecule has 0 fully saturated rings. The minimum absolute atomic E-state index is 0. The Bertz CT molecular complexity index is 1350. The summed E-state index contributed by atoms with van der Waals surface area (Å²) in [6, 6.07) is 20.5. The van der Waals surface area contributed by atoms with Gasteiger partial charge < -0.3 is 0 Å². The summed E-state index contributed by atoms with van der Waals surface area (Å²) < 4.78 is 5.03. The van der Waals surface area contributed by atoms with Crippen molar-refractivity contribution in [3.63, 3.8) is 0 Å². The summed E-state index contributed by atoms with van der Waals surface area (Å²) in [6.45, 7) is 6.35. The van der Waals surface area contributed by atoms with Crippen molar-refractivity contribution in [1.29, 1.82) is 0 Å². The van der Waals surface area contributed by atoms with E-state index in [-0.39, 0.29) is 20.1 Å². The Hall–Kier alpha value is -1.85. The summed E-state index contributed by atoms with van der Waals surface area (Å²) in [7, 11) is 0. The predicted octanol–water partition coefficient (Wildman–Crippen LogP) is 6.79. The summed E-state index contributed by atoms with van der Waals surface area (Å²) in [4.78, 5) is 4.67. The fraction of sp³-hybridized carbons (Fsp3) is 0.130. The van der Waals surface area contributed by atoms with Crippen LogP contribution in [0.15, 0.2) is 53.3 Å². The fourth-order valence-electron chi connectivity index (χ4n) is 3.92. The van der Waals surface area contributed by atoms with Gasteiger partial charge in [-0.05, 0) is 64.0 Å². The van der Waals surface area contributed by atoms with Crippen molar-refractivity contribution in [2.75, 3.05) is 0 Å². The molecule has 3 aromatic carbocycles. The van der Waals surface area contributed by atoms with Gasteiger partial charge in [-0.1, -0.05) is 41.3 Å². The molecule has 1 radical (unpaired) electrons. The van der Waals surface area contributed by atoms with Crippen molar-refractivity contribution in [2.24, 2.45) is 0 Å². The van der Waals surface area contributed by atoms with E-state index in [1.54, 1.807) is 11.3 Å². The van der Waals surface area contributed by atoms with Gasteiger partial charge in [-0.15, -0.1) is 28.9 Å². The van der Waals surface area contributed by atoms with E-state index in [0.717, 1.165) is 17.1 Å². The molecule has 6 heteroatoms. The van der Waals surface area contributed by atoms with Crippen LogP contribution in [0.25, 0.3) is 37.2 Å². The molecule has 0 bridgehead atoms. The first-order valence-corrected chi connectivity index (χ1v) is 10.7. The molecule has 2 heterocycles. The third-order valence-corrected chi connectivity index (χ3v) is 6.45. The van der Waals surface area contributed by atoms with Crippen molar-refractivity contribution in [3.05, 3.63) is 76.0 Å². The maximum atomic E-state index is 4.67. The number of fused-ring (bicyclic) bond motifs is 3. The monoisotopic (exact) mass is 639 g/mol. The molecule has 0 unspecified atom stereocenters. The number of benzene rings is 3. The molecule has 0 saturated carbocycles. The molecule has 0 N–H and O–H groups in total. The topological polar surface area (TPSA) is 30.7 Å². The molecular weight excluding hydrogens is 622 g/mol. The standard InChI is InChI=1S/C23H17BrN3S.Ir/c1-13-10-14(2)21(15(3)11-13)27-22(25-23(24)26-27)16-8-9-20-18(12-16)17-6-4-5-7-19(17)28-20;/h4-7,9-12H,1-3H3;/q-1;. The SMILES string of the molecule is Cc1cc(C)c(-n2nc(Br)nc2-c2[c-]cc3sc4ccccc4c3c2)c(C)c1.[Ir]. The first kappa shape index (κ1) is 20.4. The molecule has 5 rings (SSSR count). The maximum Gasteiger partial charge on any atom is 0.208 e. The van der Waals surface area contributed by atoms with Gasteiger partial charge in [-0.3, -0.25) is 9.67 Å². The van der Waals surface area contributed by atoms with Crippen LogP contribution in [0, 0.1) is 26.8 Å². The fourth-order valence-corrected chi connectivity index (χ4v) is 5.32. The summed E-state index contributed by atoms with van der Waals surface area (Å²) in [5.74, 6) is 0.791. The summed E-state index contributed by atoms with van der Waals surface area (Å²) >= 11 is 5.26. The number of halogens is 1. The van der Waals surface area contributed by atoms with Gasteiger partial charge in [-0.2, -0.15) is 11.3 Å². The molecular formula is C23H17BrIrN3S-. The number of aromatic nitrogens is 3. The van der Waals surface area contributed by atoms with E-state index in [1.165, 1.54) is 36.9 Å². The molecule has 0 aliphatic heterocycles. The molecule has 2 aromatic heterocycles. The van der Waals surface area contributed by atoms with Gasteiger partial charge in [0.15, 0.2) is 0 Å². The summed E-state index contributed by atoms with van der Waals surface area (Å²) in [5.41, 5.74) is 5.62. The van der Waals surface area contributed by atoms with E-state index in [0.29, 0.717) is 4.73 Å². The minimum atomic E-state index is 0. The number of nitrogens with zero attached hydrogens (tertiary/aromatic N) is 3. The Balaban J connectivity index is 0.00000205. The second kappa shape index (κ2) is 7.77. The van der Waals surface area contributed by atoms with Crippen LogP contribution in [0.5, 0.6) is 0 Å². The Kier molecular flexibility index (Phi) is 5.47. The zero-order chi connectivity index (χ0) is 19.4. The van der Waals surface area contributed by atoms with Crippen LogP contribution in [0.1, 0.15) is 16.7 Å². The second-order valence-corrected chi connectivity index (χ2v) is 8.88. The van der Waals surface area contributed by atoms with Crippen molar-refractivity contribution < 1.29 is 20.1 Å².